The minimum absolute atomic E-state index is 0.944. The van der Waals surface area contributed by atoms with Gasteiger partial charge in [-0.1, -0.05) is 13.2 Å². The van der Waals surface area contributed by atoms with Crippen LogP contribution in [0.2, 0.25) is 0 Å². The Morgan fingerprint density at radius 3 is 2.00 bits per heavy atom. The summed E-state index contributed by atoms with van der Waals surface area (Å²) in [6, 6.07) is 0. The van der Waals surface area contributed by atoms with Crippen LogP contribution in [0.4, 0.5) is 0 Å². The maximum absolute atomic E-state index is 3.68. The van der Waals surface area contributed by atoms with E-state index in [9.17, 15) is 0 Å². The van der Waals surface area contributed by atoms with Crippen molar-refractivity contribution in [3.05, 3.63) is 24.9 Å². The van der Waals surface area contributed by atoms with Gasteiger partial charge >= 0.3 is 0 Å². The summed E-state index contributed by atoms with van der Waals surface area (Å²) in [4.78, 5) is 1.91. The Morgan fingerprint density at radius 1 is 1.57 bits per heavy atom. The van der Waals surface area contributed by atoms with Crippen molar-refractivity contribution in [3.8, 4) is 0 Å². The molecule has 0 unspecified atom stereocenters. The SMILES string of the molecule is C=CC(=C)N(C)C. The quantitative estimate of drug-likeness (QED) is 0.469. The molecule has 0 aliphatic rings. The Labute approximate surface area is 44.9 Å². The van der Waals surface area contributed by atoms with Crippen molar-refractivity contribution in [2.75, 3.05) is 14.1 Å². The smallest absolute Gasteiger partial charge is 0.0281 e. The van der Waals surface area contributed by atoms with Crippen LogP contribution in [0.15, 0.2) is 24.9 Å². The predicted octanol–water partition coefficient (Wildman–Crippen LogP) is 1.25. The summed E-state index contributed by atoms with van der Waals surface area (Å²) in [6.45, 7) is 7.22. The fraction of sp³-hybridized carbons (Fsp3) is 0.333. The summed E-state index contributed by atoms with van der Waals surface area (Å²) in [5.74, 6) is 0. The minimum Gasteiger partial charge on any atom is -0.378 e. The Morgan fingerprint density at radius 2 is 2.00 bits per heavy atom. The highest BCUT2D eigenvalue weighted by Crippen LogP contribution is 1.91. The van der Waals surface area contributed by atoms with Gasteiger partial charge in [0, 0.05) is 19.8 Å². The molecule has 0 fully saturated rings. The first-order chi connectivity index (χ1) is 3.18. The third-order valence-electron chi connectivity index (χ3n) is 0.810. The summed E-state index contributed by atoms with van der Waals surface area (Å²) in [5.41, 5.74) is 0.944. The lowest BCUT2D eigenvalue weighted by molar-refractivity contribution is 0.533. The Kier molecular flexibility index (Phi) is 2.20. The van der Waals surface area contributed by atoms with E-state index < -0.39 is 0 Å². The minimum atomic E-state index is 0.944. The number of nitrogens with zero attached hydrogens (tertiary/aromatic N) is 1. The van der Waals surface area contributed by atoms with Gasteiger partial charge in [-0.2, -0.15) is 0 Å². The van der Waals surface area contributed by atoms with Crippen molar-refractivity contribution < 1.29 is 0 Å². The Balaban J connectivity index is 3.56. The molecule has 0 aromatic rings. The first-order valence-electron chi connectivity index (χ1n) is 2.17. The summed E-state index contributed by atoms with van der Waals surface area (Å²) in [5, 5.41) is 0. The fourth-order valence-corrected chi connectivity index (χ4v) is 0.183. The van der Waals surface area contributed by atoms with E-state index >= 15 is 0 Å². The molecule has 1 heteroatoms. The third-order valence-corrected chi connectivity index (χ3v) is 0.810. The summed E-state index contributed by atoms with van der Waals surface area (Å²) in [6.07, 6.45) is 1.72. The van der Waals surface area contributed by atoms with Crippen molar-refractivity contribution in [1.82, 2.24) is 4.90 Å². The molecule has 0 aliphatic heterocycles. The molecule has 7 heavy (non-hydrogen) atoms. The van der Waals surface area contributed by atoms with Gasteiger partial charge in [0.2, 0.25) is 0 Å². The molecule has 0 aromatic carbocycles. The molecule has 0 atom stereocenters. The molecule has 0 aromatic heterocycles. The normalized spacial score (nSPS) is 7.71. The molecule has 0 amide bonds. The van der Waals surface area contributed by atoms with Crippen LogP contribution >= 0.6 is 0 Å². The second kappa shape index (κ2) is 2.45. The zero-order valence-electron chi connectivity index (χ0n) is 4.94. The fourth-order valence-electron chi connectivity index (χ4n) is 0.183. The van der Waals surface area contributed by atoms with Gasteiger partial charge in [0.15, 0.2) is 0 Å². The first-order valence-corrected chi connectivity index (χ1v) is 2.17. The van der Waals surface area contributed by atoms with Gasteiger partial charge in [0.05, 0.1) is 0 Å². The van der Waals surface area contributed by atoms with E-state index in [1.54, 1.807) is 6.08 Å². The van der Waals surface area contributed by atoms with Gasteiger partial charge in [0.1, 0.15) is 0 Å². The van der Waals surface area contributed by atoms with Crippen LogP contribution in [0.1, 0.15) is 0 Å². The predicted molar refractivity (Wildman–Crippen MR) is 33.0 cm³/mol. The van der Waals surface area contributed by atoms with Gasteiger partial charge < -0.3 is 4.90 Å². The van der Waals surface area contributed by atoms with Crippen molar-refractivity contribution in [1.29, 1.82) is 0 Å². The van der Waals surface area contributed by atoms with Crippen molar-refractivity contribution in [2.45, 2.75) is 0 Å². The molecule has 0 saturated heterocycles. The van der Waals surface area contributed by atoms with Gasteiger partial charge in [-0.3, -0.25) is 0 Å². The average molecular weight is 97.2 g/mol. The highest BCUT2D eigenvalue weighted by atomic mass is 15.1. The Bertz CT molecular complexity index is 82.2. The molecule has 0 N–H and O–H groups in total. The summed E-state index contributed by atoms with van der Waals surface area (Å²) < 4.78 is 0. The molecular formula is C6H11N. The lowest BCUT2D eigenvalue weighted by Crippen LogP contribution is -2.06. The lowest BCUT2D eigenvalue weighted by atomic mass is 10.4. The number of allylic oxidation sites excluding steroid dienone is 1. The molecule has 0 rings (SSSR count). The van der Waals surface area contributed by atoms with E-state index in [2.05, 4.69) is 13.2 Å². The second-order valence-electron chi connectivity index (χ2n) is 1.59. The summed E-state index contributed by atoms with van der Waals surface area (Å²) >= 11 is 0. The third kappa shape index (κ3) is 2.04. The maximum Gasteiger partial charge on any atom is 0.0281 e. The zero-order valence-corrected chi connectivity index (χ0v) is 4.94. The van der Waals surface area contributed by atoms with Crippen LogP contribution in [-0.4, -0.2) is 19.0 Å². The van der Waals surface area contributed by atoms with Crippen molar-refractivity contribution in [3.63, 3.8) is 0 Å². The lowest BCUT2D eigenvalue weighted by Gasteiger charge is -2.09. The molecule has 0 radical (unpaired) electrons. The van der Waals surface area contributed by atoms with Crippen LogP contribution < -0.4 is 0 Å². The van der Waals surface area contributed by atoms with Gasteiger partial charge in [0.25, 0.3) is 0 Å². The van der Waals surface area contributed by atoms with Crippen LogP contribution in [-0.2, 0) is 0 Å². The van der Waals surface area contributed by atoms with Crippen molar-refractivity contribution in [2.24, 2.45) is 0 Å². The number of hydrogen-bond donors (Lipinski definition) is 0. The van der Waals surface area contributed by atoms with Gasteiger partial charge in [-0.25, -0.2) is 0 Å². The summed E-state index contributed by atoms with van der Waals surface area (Å²) in [7, 11) is 3.87. The van der Waals surface area contributed by atoms with E-state index in [4.69, 9.17) is 0 Å². The van der Waals surface area contributed by atoms with E-state index in [0.717, 1.165) is 5.70 Å². The van der Waals surface area contributed by atoms with Crippen LogP contribution in [0.5, 0.6) is 0 Å². The largest absolute Gasteiger partial charge is 0.378 e. The van der Waals surface area contributed by atoms with Crippen LogP contribution in [0.3, 0.4) is 0 Å². The van der Waals surface area contributed by atoms with Crippen LogP contribution in [0, 0.1) is 0 Å². The number of likely N-dealkylation sites (N-methyl/N-ethyl adjacent to an activating group) is 1. The van der Waals surface area contributed by atoms with Gasteiger partial charge in [-0.15, -0.1) is 0 Å². The molecule has 0 heterocycles. The molecule has 0 aliphatic carbocycles. The molecule has 0 spiro atoms. The van der Waals surface area contributed by atoms with E-state index in [1.807, 2.05) is 19.0 Å². The maximum atomic E-state index is 3.68. The molecular weight excluding hydrogens is 86.1 g/mol. The van der Waals surface area contributed by atoms with E-state index in [0.29, 0.717) is 0 Å². The monoisotopic (exact) mass is 97.1 g/mol. The van der Waals surface area contributed by atoms with E-state index in [-0.39, 0.29) is 0 Å². The molecule has 0 saturated carbocycles. The Hall–Kier alpha value is -0.720. The molecule has 1 nitrogen and oxygen atoms in total. The number of hydrogen-bond acceptors (Lipinski definition) is 1. The molecule has 40 valence electrons. The zero-order chi connectivity index (χ0) is 5.86. The highest BCUT2D eigenvalue weighted by molar-refractivity contribution is 5.07. The average Bonchev–Trinajstić information content (AvgIpc) is 1.65. The van der Waals surface area contributed by atoms with Crippen molar-refractivity contribution >= 4 is 0 Å². The first kappa shape index (κ1) is 6.28. The van der Waals surface area contributed by atoms with Crippen LogP contribution in [0.25, 0.3) is 0 Å². The molecule has 0 bridgehead atoms. The highest BCUT2D eigenvalue weighted by Gasteiger charge is 1.83. The standard InChI is InChI=1S/C6H11N/c1-5-6(2)7(3)4/h5H,1-2H2,3-4H3. The number of rotatable bonds is 2. The van der Waals surface area contributed by atoms with Gasteiger partial charge in [-0.05, 0) is 6.08 Å². The second-order valence-corrected chi connectivity index (χ2v) is 1.59. The topological polar surface area (TPSA) is 3.24 Å². The van der Waals surface area contributed by atoms with E-state index in [1.165, 1.54) is 0 Å².